The van der Waals surface area contributed by atoms with Crippen molar-refractivity contribution in [2.75, 3.05) is 0 Å². The highest BCUT2D eigenvalue weighted by Gasteiger charge is 2.36. The van der Waals surface area contributed by atoms with Crippen LogP contribution in [-0.2, 0) is 4.79 Å². The molecule has 16 heavy (non-hydrogen) atoms. The molecule has 0 spiro atoms. The number of hydrogen-bond acceptors (Lipinski definition) is 3. The van der Waals surface area contributed by atoms with Gasteiger partial charge >= 0.3 is 0 Å². The van der Waals surface area contributed by atoms with Crippen molar-refractivity contribution in [1.29, 1.82) is 0 Å². The second-order valence-corrected chi connectivity index (χ2v) is 5.35. The number of piperidine rings is 1. The molecular formula is C12H21N3O. The van der Waals surface area contributed by atoms with Gasteiger partial charge in [-0.05, 0) is 40.0 Å². The number of carbonyl (C=O) groups excluding carboxylic acids is 1. The van der Waals surface area contributed by atoms with E-state index in [1.54, 1.807) is 0 Å². The maximum atomic E-state index is 12.1. The Morgan fingerprint density at radius 2 is 1.88 bits per heavy atom. The Morgan fingerprint density at radius 3 is 2.38 bits per heavy atom. The number of likely N-dealkylation sites (tertiary alicyclic amines) is 1. The first-order valence-corrected chi connectivity index (χ1v) is 6.27. The van der Waals surface area contributed by atoms with Crippen LogP contribution in [0.3, 0.4) is 0 Å². The summed E-state index contributed by atoms with van der Waals surface area (Å²) < 4.78 is 0. The Labute approximate surface area is 97.1 Å². The number of hydrogen-bond donors (Lipinski definition) is 0. The van der Waals surface area contributed by atoms with Crippen molar-refractivity contribution in [1.82, 2.24) is 4.90 Å². The molecule has 0 N–H and O–H groups in total. The number of rotatable bonds is 3. The molecule has 0 aliphatic carbocycles. The quantitative estimate of drug-likeness (QED) is 0.725. The largest absolute Gasteiger partial charge is 0.337 e. The molecule has 1 saturated heterocycles. The van der Waals surface area contributed by atoms with Gasteiger partial charge in [0.25, 0.3) is 0 Å². The van der Waals surface area contributed by atoms with Gasteiger partial charge in [-0.25, -0.2) is 0 Å². The summed E-state index contributed by atoms with van der Waals surface area (Å²) in [5.41, 5.74) is -0.238. The van der Waals surface area contributed by atoms with Crippen molar-refractivity contribution in [2.24, 2.45) is 10.2 Å². The van der Waals surface area contributed by atoms with Gasteiger partial charge in [0.15, 0.2) is 5.66 Å². The summed E-state index contributed by atoms with van der Waals surface area (Å²) in [6.45, 7) is 6.28. The molecule has 90 valence electrons. The zero-order chi connectivity index (χ0) is 11.8. The lowest BCUT2D eigenvalue weighted by Gasteiger charge is -2.39. The highest BCUT2D eigenvalue weighted by Crippen LogP contribution is 2.33. The minimum atomic E-state index is -0.238. The van der Waals surface area contributed by atoms with E-state index in [0.717, 1.165) is 19.3 Å². The van der Waals surface area contributed by atoms with Crippen molar-refractivity contribution in [3.63, 3.8) is 0 Å². The van der Waals surface area contributed by atoms with E-state index in [1.807, 2.05) is 6.92 Å². The molecular weight excluding hydrogens is 202 g/mol. The molecule has 2 atom stereocenters. The lowest BCUT2D eigenvalue weighted by Crippen LogP contribution is -2.47. The summed E-state index contributed by atoms with van der Waals surface area (Å²) in [6.07, 6.45) is 4.87. The third-order valence-electron chi connectivity index (χ3n) is 3.74. The average Bonchev–Trinajstić information content (AvgIpc) is 2.94. The zero-order valence-electron chi connectivity index (χ0n) is 10.4. The fraction of sp³-hybridized carbons (Fsp3) is 0.917. The van der Waals surface area contributed by atoms with E-state index < -0.39 is 0 Å². The smallest absolute Gasteiger partial charge is 0.223 e. The summed E-state index contributed by atoms with van der Waals surface area (Å²) in [7, 11) is 0. The molecule has 2 aliphatic rings. The fourth-order valence-corrected chi connectivity index (χ4v) is 2.57. The molecule has 2 heterocycles. The zero-order valence-corrected chi connectivity index (χ0v) is 10.4. The Morgan fingerprint density at radius 1 is 1.31 bits per heavy atom. The SMILES string of the molecule is CC1CCCC(C)N1C(=O)CCC1(C)N=N1. The highest BCUT2D eigenvalue weighted by molar-refractivity contribution is 5.77. The Kier molecular flexibility index (Phi) is 3.00. The van der Waals surface area contributed by atoms with Crippen LogP contribution in [0, 0.1) is 0 Å². The maximum Gasteiger partial charge on any atom is 0.223 e. The minimum absolute atomic E-state index is 0.238. The van der Waals surface area contributed by atoms with Gasteiger partial charge in [0.2, 0.25) is 5.91 Å². The molecule has 4 nitrogen and oxygen atoms in total. The van der Waals surface area contributed by atoms with Gasteiger partial charge in [0.05, 0.1) is 0 Å². The van der Waals surface area contributed by atoms with Gasteiger partial charge in [0, 0.05) is 24.9 Å². The predicted octanol–water partition coefficient (Wildman–Crippen LogP) is 2.74. The third kappa shape index (κ3) is 2.42. The van der Waals surface area contributed by atoms with Gasteiger partial charge < -0.3 is 4.90 Å². The van der Waals surface area contributed by atoms with E-state index in [-0.39, 0.29) is 11.6 Å². The van der Waals surface area contributed by atoms with Crippen LogP contribution in [0.15, 0.2) is 10.2 Å². The summed E-state index contributed by atoms with van der Waals surface area (Å²) in [5, 5.41) is 7.89. The standard InChI is InChI=1S/C12H21N3O/c1-9-5-4-6-10(2)15(9)11(16)7-8-12(3)13-14-12/h9-10H,4-8H2,1-3H3. The van der Waals surface area contributed by atoms with E-state index in [0.29, 0.717) is 18.5 Å². The average molecular weight is 223 g/mol. The fourth-order valence-electron chi connectivity index (χ4n) is 2.57. The second-order valence-electron chi connectivity index (χ2n) is 5.35. The van der Waals surface area contributed by atoms with E-state index in [2.05, 4.69) is 29.0 Å². The first kappa shape index (κ1) is 11.6. The van der Waals surface area contributed by atoms with Gasteiger partial charge in [0.1, 0.15) is 0 Å². The summed E-state index contributed by atoms with van der Waals surface area (Å²) >= 11 is 0. The minimum Gasteiger partial charge on any atom is -0.337 e. The number of amides is 1. The molecule has 0 aromatic carbocycles. The number of nitrogens with zero attached hydrogens (tertiary/aromatic N) is 3. The lowest BCUT2D eigenvalue weighted by atomic mass is 9.96. The van der Waals surface area contributed by atoms with E-state index in [1.165, 1.54) is 6.42 Å². The van der Waals surface area contributed by atoms with E-state index >= 15 is 0 Å². The van der Waals surface area contributed by atoms with Crippen LogP contribution in [0.4, 0.5) is 0 Å². The molecule has 0 saturated carbocycles. The molecule has 1 amide bonds. The normalized spacial score (nSPS) is 31.6. The topological polar surface area (TPSA) is 45.0 Å². The van der Waals surface area contributed by atoms with Crippen molar-refractivity contribution in [3.05, 3.63) is 0 Å². The van der Waals surface area contributed by atoms with Gasteiger partial charge in [-0.2, -0.15) is 10.2 Å². The summed E-state index contributed by atoms with van der Waals surface area (Å²) in [6, 6.07) is 0.800. The summed E-state index contributed by atoms with van der Waals surface area (Å²) in [4.78, 5) is 14.2. The monoisotopic (exact) mass is 223 g/mol. The number of carbonyl (C=O) groups is 1. The van der Waals surface area contributed by atoms with Crippen molar-refractivity contribution < 1.29 is 4.79 Å². The van der Waals surface area contributed by atoms with Crippen LogP contribution in [-0.4, -0.2) is 28.6 Å². The Hall–Kier alpha value is -0.930. The maximum absolute atomic E-state index is 12.1. The van der Waals surface area contributed by atoms with E-state index in [9.17, 15) is 4.79 Å². The molecule has 0 bridgehead atoms. The molecule has 1 fully saturated rings. The van der Waals surface area contributed by atoms with Crippen LogP contribution in [0.1, 0.15) is 52.9 Å². The molecule has 2 rings (SSSR count). The van der Waals surface area contributed by atoms with E-state index in [4.69, 9.17) is 0 Å². The van der Waals surface area contributed by atoms with Crippen LogP contribution in [0.5, 0.6) is 0 Å². The van der Waals surface area contributed by atoms with Gasteiger partial charge in [-0.3, -0.25) is 4.79 Å². The molecule has 4 heteroatoms. The molecule has 2 aliphatic heterocycles. The molecule has 0 aromatic rings. The molecule has 2 unspecified atom stereocenters. The first-order valence-electron chi connectivity index (χ1n) is 6.27. The molecule has 0 radical (unpaired) electrons. The van der Waals surface area contributed by atoms with Crippen molar-refractivity contribution >= 4 is 5.91 Å². The predicted molar refractivity (Wildman–Crippen MR) is 62.1 cm³/mol. The van der Waals surface area contributed by atoms with Crippen LogP contribution >= 0.6 is 0 Å². The van der Waals surface area contributed by atoms with Crippen LogP contribution in [0.25, 0.3) is 0 Å². The third-order valence-corrected chi connectivity index (χ3v) is 3.74. The van der Waals surface area contributed by atoms with Crippen LogP contribution < -0.4 is 0 Å². The Balaban J connectivity index is 1.86. The summed E-state index contributed by atoms with van der Waals surface area (Å²) in [5.74, 6) is 0.276. The second kappa shape index (κ2) is 4.15. The highest BCUT2D eigenvalue weighted by atomic mass is 16.2. The van der Waals surface area contributed by atoms with Crippen LogP contribution in [0.2, 0.25) is 0 Å². The first-order chi connectivity index (χ1) is 7.52. The van der Waals surface area contributed by atoms with Gasteiger partial charge in [-0.15, -0.1) is 0 Å². The van der Waals surface area contributed by atoms with Crippen molar-refractivity contribution in [2.45, 2.75) is 70.6 Å². The molecule has 0 aromatic heterocycles. The lowest BCUT2D eigenvalue weighted by molar-refractivity contribution is -0.137. The Bertz CT molecular complexity index is 297. The van der Waals surface area contributed by atoms with Gasteiger partial charge in [-0.1, -0.05) is 0 Å². The van der Waals surface area contributed by atoms with Crippen molar-refractivity contribution in [3.8, 4) is 0 Å².